The molecule has 17 heavy (non-hydrogen) atoms. The predicted molar refractivity (Wildman–Crippen MR) is 65.1 cm³/mol. The first kappa shape index (κ1) is 11.4. The predicted octanol–water partition coefficient (Wildman–Crippen LogP) is 1.60. The maximum absolute atomic E-state index is 10.8. The van der Waals surface area contributed by atoms with Crippen LogP contribution in [-0.2, 0) is 0 Å². The van der Waals surface area contributed by atoms with Crippen molar-refractivity contribution in [2.24, 2.45) is 0 Å². The summed E-state index contributed by atoms with van der Waals surface area (Å²) in [6.07, 6.45) is 2.14. The fraction of sp³-hybridized carbons (Fsp3) is 0.364. The van der Waals surface area contributed by atoms with Crippen LogP contribution in [0.5, 0.6) is 0 Å². The lowest BCUT2D eigenvalue weighted by atomic mass is 10.1. The summed E-state index contributed by atoms with van der Waals surface area (Å²) in [6.45, 7) is 1.69. The third kappa shape index (κ3) is 2.20. The molecule has 1 aliphatic heterocycles. The second-order valence-corrected chi connectivity index (χ2v) is 4.07. The minimum atomic E-state index is -0.518. The number of likely N-dealkylation sites (tertiary alicyclic amines) is 1. The van der Waals surface area contributed by atoms with E-state index in [4.69, 9.17) is 11.1 Å². The molecule has 0 atom stereocenters. The number of hydrogen-bond donors (Lipinski definition) is 2. The quantitative estimate of drug-likeness (QED) is 0.267. The van der Waals surface area contributed by atoms with Crippen molar-refractivity contribution in [3.63, 3.8) is 0 Å². The molecular formula is C11H14N4O2. The van der Waals surface area contributed by atoms with Gasteiger partial charge in [0.05, 0.1) is 4.92 Å². The highest BCUT2D eigenvalue weighted by Gasteiger charge is 2.19. The summed E-state index contributed by atoms with van der Waals surface area (Å²) in [5, 5.41) is 18.8. The third-order valence-corrected chi connectivity index (χ3v) is 2.92. The number of hydrogen-bond acceptors (Lipinski definition) is 4. The second kappa shape index (κ2) is 4.40. The maximum Gasteiger partial charge on any atom is 0.292 e. The molecule has 2 rings (SSSR count). The van der Waals surface area contributed by atoms with Crippen molar-refractivity contribution in [1.29, 1.82) is 5.41 Å². The Hall–Kier alpha value is -2.11. The van der Waals surface area contributed by atoms with Gasteiger partial charge in [-0.05, 0) is 25.0 Å². The molecule has 0 aromatic heterocycles. The van der Waals surface area contributed by atoms with E-state index in [-0.39, 0.29) is 11.4 Å². The van der Waals surface area contributed by atoms with Crippen LogP contribution in [0.1, 0.15) is 18.4 Å². The average Bonchev–Trinajstić information content (AvgIpc) is 2.81. The van der Waals surface area contributed by atoms with Gasteiger partial charge in [-0.2, -0.15) is 0 Å². The molecule has 6 heteroatoms. The van der Waals surface area contributed by atoms with Crippen molar-refractivity contribution in [3.05, 3.63) is 33.9 Å². The number of benzene rings is 1. The Balaban J connectivity index is 2.29. The Morgan fingerprint density at radius 2 is 2.06 bits per heavy atom. The summed E-state index contributed by atoms with van der Waals surface area (Å²) < 4.78 is 0. The fourth-order valence-electron chi connectivity index (χ4n) is 1.97. The molecule has 0 aliphatic carbocycles. The van der Waals surface area contributed by atoms with Gasteiger partial charge >= 0.3 is 0 Å². The first-order valence-corrected chi connectivity index (χ1v) is 5.47. The van der Waals surface area contributed by atoms with Crippen LogP contribution in [0.2, 0.25) is 0 Å². The smallest absolute Gasteiger partial charge is 0.292 e. The Bertz CT molecular complexity index is 467. The Labute approximate surface area is 98.7 Å². The molecule has 6 nitrogen and oxygen atoms in total. The van der Waals surface area contributed by atoms with Crippen LogP contribution in [0.25, 0.3) is 0 Å². The number of nitrogens with zero attached hydrogens (tertiary/aromatic N) is 2. The van der Waals surface area contributed by atoms with Crippen molar-refractivity contribution in [2.45, 2.75) is 12.8 Å². The Morgan fingerprint density at radius 1 is 1.41 bits per heavy atom. The lowest BCUT2D eigenvalue weighted by molar-refractivity contribution is -0.383. The number of nitrogens with two attached hydrogens (primary N) is 1. The van der Waals surface area contributed by atoms with E-state index in [0.29, 0.717) is 11.4 Å². The number of rotatable bonds is 2. The molecule has 1 aromatic carbocycles. The van der Waals surface area contributed by atoms with Crippen LogP contribution in [0.15, 0.2) is 18.2 Å². The summed E-state index contributed by atoms with van der Waals surface area (Å²) in [5.41, 5.74) is 6.07. The minimum Gasteiger partial charge on any atom is -0.393 e. The first-order valence-electron chi connectivity index (χ1n) is 5.47. The number of amidine groups is 1. The van der Waals surface area contributed by atoms with E-state index in [9.17, 15) is 10.1 Å². The monoisotopic (exact) mass is 234 g/mol. The molecule has 0 unspecified atom stereocenters. The highest BCUT2D eigenvalue weighted by Crippen LogP contribution is 2.23. The largest absolute Gasteiger partial charge is 0.393 e. The molecule has 1 fully saturated rings. The van der Waals surface area contributed by atoms with Crippen LogP contribution < -0.4 is 5.73 Å². The topological polar surface area (TPSA) is 96.2 Å². The van der Waals surface area contributed by atoms with Gasteiger partial charge in [0.2, 0.25) is 0 Å². The summed E-state index contributed by atoms with van der Waals surface area (Å²) in [6, 6.07) is 4.51. The molecule has 0 spiro atoms. The lowest BCUT2D eigenvalue weighted by Gasteiger charge is -2.18. The highest BCUT2D eigenvalue weighted by atomic mass is 16.6. The van der Waals surface area contributed by atoms with Gasteiger partial charge in [-0.25, -0.2) is 0 Å². The van der Waals surface area contributed by atoms with E-state index in [0.717, 1.165) is 25.9 Å². The van der Waals surface area contributed by atoms with Crippen molar-refractivity contribution in [3.8, 4) is 0 Å². The van der Waals surface area contributed by atoms with Crippen LogP contribution in [0.4, 0.5) is 11.4 Å². The van der Waals surface area contributed by atoms with Crippen molar-refractivity contribution < 1.29 is 4.92 Å². The molecule has 90 valence electrons. The third-order valence-electron chi connectivity index (χ3n) is 2.92. The first-order chi connectivity index (χ1) is 8.09. The average molecular weight is 234 g/mol. The molecule has 1 saturated heterocycles. The van der Waals surface area contributed by atoms with Gasteiger partial charge in [-0.15, -0.1) is 0 Å². The van der Waals surface area contributed by atoms with Crippen LogP contribution in [-0.4, -0.2) is 28.7 Å². The zero-order chi connectivity index (χ0) is 12.4. The summed E-state index contributed by atoms with van der Waals surface area (Å²) in [5.74, 6) is 0.339. The molecule has 3 N–H and O–H groups in total. The van der Waals surface area contributed by atoms with Crippen molar-refractivity contribution in [2.75, 3.05) is 18.8 Å². The Kier molecular flexibility index (Phi) is 2.95. The van der Waals surface area contributed by atoms with Gasteiger partial charge in [0, 0.05) is 24.7 Å². The number of nitro groups is 1. The van der Waals surface area contributed by atoms with Gasteiger partial charge in [-0.3, -0.25) is 15.5 Å². The molecule has 0 radical (unpaired) electrons. The lowest BCUT2D eigenvalue weighted by Crippen LogP contribution is -2.27. The van der Waals surface area contributed by atoms with Crippen molar-refractivity contribution >= 4 is 17.2 Å². The van der Waals surface area contributed by atoms with Gasteiger partial charge < -0.3 is 10.6 Å². The minimum absolute atomic E-state index is 0.132. The SMILES string of the molecule is N=C(c1ccc(N)c([N+](=O)[O-])c1)N1CCCC1. The van der Waals surface area contributed by atoms with E-state index in [2.05, 4.69) is 0 Å². The standard InChI is InChI=1S/C11H14N4O2/c12-9-4-3-8(7-10(9)15(16)17)11(13)14-5-1-2-6-14/h3-4,7,13H,1-2,5-6,12H2. The van der Waals surface area contributed by atoms with E-state index < -0.39 is 4.92 Å². The van der Waals surface area contributed by atoms with Gasteiger partial charge in [-0.1, -0.05) is 0 Å². The Morgan fingerprint density at radius 3 is 2.65 bits per heavy atom. The van der Waals surface area contributed by atoms with E-state index in [1.807, 2.05) is 4.90 Å². The molecule has 1 aromatic rings. The molecule has 0 amide bonds. The summed E-state index contributed by atoms with van der Waals surface area (Å²) >= 11 is 0. The fourth-order valence-corrected chi connectivity index (χ4v) is 1.97. The molecule has 0 bridgehead atoms. The highest BCUT2D eigenvalue weighted by molar-refractivity contribution is 5.97. The zero-order valence-electron chi connectivity index (χ0n) is 9.35. The maximum atomic E-state index is 10.8. The summed E-state index contributed by atoms with van der Waals surface area (Å²) in [4.78, 5) is 12.2. The van der Waals surface area contributed by atoms with Crippen LogP contribution in [0.3, 0.4) is 0 Å². The summed E-state index contributed by atoms with van der Waals surface area (Å²) in [7, 11) is 0. The van der Waals surface area contributed by atoms with E-state index in [1.165, 1.54) is 12.1 Å². The second-order valence-electron chi connectivity index (χ2n) is 4.07. The van der Waals surface area contributed by atoms with Crippen LogP contribution in [0, 0.1) is 15.5 Å². The number of nitro benzene ring substituents is 1. The van der Waals surface area contributed by atoms with Crippen LogP contribution >= 0.6 is 0 Å². The number of anilines is 1. The van der Waals surface area contributed by atoms with Gasteiger partial charge in [0.25, 0.3) is 5.69 Å². The molecule has 0 saturated carbocycles. The molecular weight excluding hydrogens is 220 g/mol. The van der Waals surface area contributed by atoms with Gasteiger partial charge in [0.1, 0.15) is 11.5 Å². The van der Waals surface area contributed by atoms with E-state index >= 15 is 0 Å². The van der Waals surface area contributed by atoms with E-state index in [1.54, 1.807) is 6.07 Å². The zero-order valence-corrected chi connectivity index (χ0v) is 9.35. The van der Waals surface area contributed by atoms with Gasteiger partial charge in [0.15, 0.2) is 0 Å². The molecule has 1 heterocycles. The molecule has 1 aliphatic rings. The number of nitrogens with one attached hydrogen (secondary N) is 1. The number of nitrogen functional groups attached to an aromatic ring is 1. The normalized spacial score (nSPS) is 14.9. The van der Waals surface area contributed by atoms with Crippen molar-refractivity contribution in [1.82, 2.24) is 4.90 Å².